The Morgan fingerprint density at radius 1 is 1.33 bits per heavy atom. The summed E-state index contributed by atoms with van der Waals surface area (Å²) in [5.74, 6) is 0.714. The second kappa shape index (κ2) is 4.47. The van der Waals surface area contributed by atoms with Gasteiger partial charge in [-0.05, 0) is 25.1 Å². The Bertz CT molecular complexity index is 453. The molecule has 0 amide bonds. The van der Waals surface area contributed by atoms with Gasteiger partial charge in [0.1, 0.15) is 0 Å². The third kappa shape index (κ3) is 2.03. The number of nitrogens with zero attached hydrogens (tertiary/aromatic N) is 1. The van der Waals surface area contributed by atoms with Gasteiger partial charge in [-0.15, -0.1) is 0 Å². The van der Waals surface area contributed by atoms with Crippen molar-refractivity contribution >= 4 is 11.6 Å². The van der Waals surface area contributed by atoms with Crippen LogP contribution in [0.4, 0.5) is 0 Å². The van der Waals surface area contributed by atoms with Crippen molar-refractivity contribution in [3.8, 4) is 11.3 Å². The summed E-state index contributed by atoms with van der Waals surface area (Å²) in [6.45, 7) is 0.568. The predicted molar refractivity (Wildman–Crippen MR) is 59.7 cm³/mol. The van der Waals surface area contributed by atoms with E-state index < -0.39 is 0 Å². The number of rotatable bonds is 3. The van der Waals surface area contributed by atoms with Crippen LogP contribution in [0.5, 0.6) is 0 Å². The van der Waals surface area contributed by atoms with Gasteiger partial charge in [-0.3, -0.25) is 0 Å². The van der Waals surface area contributed by atoms with Gasteiger partial charge < -0.3 is 10.3 Å². The number of hydrogen-bond donors (Lipinski definition) is 1. The minimum atomic E-state index is 0.568. The summed E-state index contributed by atoms with van der Waals surface area (Å²) in [5.41, 5.74) is 7.35. The summed E-state index contributed by atoms with van der Waals surface area (Å²) >= 11 is 6.07. The van der Waals surface area contributed by atoms with Crippen LogP contribution >= 0.6 is 11.6 Å². The molecule has 78 valence electrons. The molecule has 0 saturated heterocycles. The normalized spacial score (nSPS) is 10.5. The SMILES string of the molecule is NCCc1cnoc1-c1ccccc1Cl. The molecule has 2 rings (SSSR count). The highest BCUT2D eigenvalue weighted by molar-refractivity contribution is 6.33. The zero-order chi connectivity index (χ0) is 10.7. The van der Waals surface area contributed by atoms with E-state index in [1.165, 1.54) is 0 Å². The smallest absolute Gasteiger partial charge is 0.171 e. The highest BCUT2D eigenvalue weighted by Crippen LogP contribution is 2.30. The summed E-state index contributed by atoms with van der Waals surface area (Å²) in [4.78, 5) is 0. The number of aromatic nitrogens is 1. The van der Waals surface area contributed by atoms with E-state index in [4.69, 9.17) is 21.9 Å². The Hall–Kier alpha value is -1.32. The number of nitrogens with two attached hydrogens (primary N) is 1. The maximum atomic E-state index is 6.07. The lowest BCUT2D eigenvalue weighted by atomic mass is 10.1. The van der Waals surface area contributed by atoms with Gasteiger partial charge in [0.05, 0.1) is 11.2 Å². The number of benzene rings is 1. The molecule has 1 aromatic heterocycles. The molecule has 15 heavy (non-hydrogen) atoms. The molecule has 0 aliphatic rings. The van der Waals surface area contributed by atoms with Crippen molar-refractivity contribution in [2.24, 2.45) is 5.73 Å². The lowest BCUT2D eigenvalue weighted by molar-refractivity contribution is 0.431. The van der Waals surface area contributed by atoms with Gasteiger partial charge in [-0.1, -0.05) is 28.9 Å². The van der Waals surface area contributed by atoms with Gasteiger partial charge in [0, 0.05) is 11.1 Å². The van der Waals surface area contributed by atoms with Crippen molar-refractivity contribution in [2.75, 3.05) is 6.54 Å². The second-order valence-corrected chi connectivity index (χ2v) is 3.61. The zero-order valence-corrected chi connectivity index (χ0v) is 8.87. The fourth-order valence-electron chi connectivity index (χ4n) is 1.46. The van der Waals surface area contributed by atoms with Gasteiger partial charge in [0.25, 0.3) is 0 Å². The lowest BCUT2D eigenvalue weighted by Crippen LogP contribution is -2.02. The average molecular weight is 223 g/mol. The Labute approximate surface area is 92.8 Å². The summed E-state index contributed by atoms with van der Waals surface area (Å²) in [6, 6.07) is 7.52. The Morgan fingerprint density at radius 3 is 2.87 bits per heavy atom. The van der Waals surface area contributed by atoms with Crippen LogP contribution in [0, 0.1) is 0 Å². The molecule has 2 N–H and O–H groups in total. The maximum absolute atomic E-state index is 6.07. The van der Waals surface area contributed by atoms with Crippen molar-refractivity contribution < 1.29 is 4.52 Å². The van der Waals surface area contributed by atoms with E-state index >= 15 is 0 Å². The first-order valence-corrected chi connectivity index (χ1v) is 5.09. The number of hydrogen-bond acceptors (Lipinski definition) is 3. The van der Waals surface area contributed by atoms with E-state index in [1.807, 2.05) is 24.3 Å². The minimum absolute atomic E-state index is 0.568. The first-order chi connectivity index (χ1) is 7.33. The zero-order valence-electron chi connectivity index (χ0n) is 8.11. The van der Waals surface area contributed by atoms with Crippen LogP contribution in [0.2, 0.25) is 5.02 Å². The average Bonchev–Trinajstić information content (AvgIpc) is 2.67. The third-order valence-electron chi connectivity index (χ3n) is 2.18. The molecule has 3 nitrogen and oxygen atoms in total. The van der Waals surface area contributed by atoms with E-state index in [0.29, 0.717) is 17.3 Å². The molecule has 1 aromatic carbocycles. The topological polar surface area (TPSA) is 52.0 Å². The predicted octanol–water partition coefficient (Wildman–Crippen LogP) is 2.50. The van der Waals surface area contributed by atoms with E-state index in [1.54, 1.807) is 6.20 Å². The second-order valence-electron chi connectivity index (χ2n) is 3.20. The third-order valence-corrected chi connectivity index (χ3v) is 2.51. The van der Waals surface area contributed by atoms with Crippen LogP contribution in [0.3, 0.4) is 0 Å². The summed E-state index contributed by atoms with van der Waals surface area (Å²) < 4.78 is 5.19. The highest BCUT2D eigenvalue weighted by atomic mass is 35.5. The minimum Gasteiger partial charge on any atom is -0.356 e. The first kappa shape index (κ1) is 10.2. The highest BCUT2D eigenvalue weighted by Gasteiger charge is 2.12. The fourth-order valence-corrected chi connectivity index (χ4v) is 1.68. The van der Waals surface area contributed by atoms with Crippen molar-refractivity contribution in [2.45, 2.75) is 6.42 Å². The molecule has 0 radical (unpaired) electrons. The molecule has 0 unspecified atom stereocenters. The molecule has 2 aromatic rings. The van der Waals surface area contributed by atoms with Gasteiger partial charge in [0.15, 0.2) is 5.76 Å². The van der Waals surface area contributed by atoms with Crippen molar-refractivity contribution in [3.63, 3.8) is 0 Å². The molecule has 0 fully saturated rings. The molecule has 0 aliphatic carbocycles. The molecular weight excluding hydrogens is 212 g/mol. The Morgan fingerprint density at radius 2 is 2.13 bits per heavy atom. The van der Waals surface area contributed by atoms with E-state index in [-0.39, 0.29) is 0 Å². The Kier molecular flexibility index (Phi) is 3.04. The first-order valence-electron chi connectivity index (χ1n) is 4.71. The summed E-state index contributed by atoms with van der Waals surface area (Å²) in [7, 11) is 0. The van der Waals surface area contributed by atoms with Gasteiger partial charge in [-0.25, -0.2) is 0 Å². The van der Waals surface area contributed by atoms with Crippen LogP contribution in [-0.4, -0.2) is 11.7 Å². The largest absolute Gasteiger partial charge is 0.356 e. The van der Waals surface area contributed by atoms with Gasteiger partial charge in [0.2, 0.25) is 0 Å². The fraction of sp³-hybridized carbons (Fsp3) is 0.182. The molecular formula is C11H11ClN2O. The van der Waals surface area contributed by atoms with Gasteiger partial charge in [-0.2, -0.15) is 0 Å². The van der Waals surface area contributed by atoms with Gasteiger partial charge >= 0.3 is 0 Å². The molecule has 0 spiro atoms. The standard InChI is InChI=1S/C11H11ClN2O/c12-10-4-2-1-3-9(10)11-8(5-6-13)7-14-15-11/h1-4,7H,5-6,13H2. The quantitative estimate of drug-likeness (QED) is 0.868. The summed E-state index contributed by atoms with van der Waals surface area (Å²) in [5, 5.41) is 4.43. The molecule has 0 saturated carbocycles. The van der Waals surface area contributed by atoms with Crippen LogP contribution < -0.4 is 5.73 Å². The van der Waals surface area contributed by atoms with E-state index in [9.17, 15) is 0 Å². The molecule has 0 atom stereocenters. The van der Waals surface area contributed by atoms with E-state index in [2.05, 4.69) is 5.16 Å². The number of halogens is 1. The Balaban J connectivity index is 2.45. The molecule has 0 aliphatic heterocycles. The van der Waals surface area contributed by atoms with E-state index in [0.717, 1.165) is 17.5 Å². The maximum Gasteiger partial charge on any atom is 0.171 e. The lowest BCUT2D eigenvalue weighted by Gasteiger charge is -2.01. The van der Waals surface area contributed by atoms with Crippen LogP contribution in [0.25, 0.3) is 11.3 Å². The molecule has 4 heteroatoms. The van der Waals surface area contributed by atoms with Crippen molar-refractivity contribution in [1.29, 1.82) is 0 Å². The monoisotopic (exact) mass is 222 g/mol. The van der Waals surface area contributed by atoms with Crippen LogP contribution in [0.15, 0.2) is 35.0 Å². The summed E-state index contributed by atoms with van der Waals surface area (Å²) in [6.07, 6.45) is 2.43. The molecule has 1 heterocycles. The van der Waals surface area contributed by atoms with Crippen LogP contribution in [0.1, 0.15) is 5.56 Å². The van der Waals surface area contributed by atoms with Crippen LogP contribution in [-0.2, 0) is 6.42 Å². The molecule has 0 bridgehead atoms. The van der Waals surface area contributed by atoms with Crippen molar-refractivity contribution in [1.82, 2.24) is 5.16 Å². The van der Waals surface area contributed by atoms with Crippen molar-refractivity contribution in [3.05, 3.63) is 41.0 Å².